The summed E-state index contributed by atoms with van der Waals surface area (Å²) in [5.74, 6) is 0. The van der Waals surface area contributed by atoms with Crippen molar-refractivity contribution in [3.8, 4) is 11.1 Å². The molecule has 0 aliphatic heterocycles. The molecule has 9 aromatic rings. The van der Waals surface area contributed by atoms with Crippen LogP contribution in [0.5, 0.6) is 0 Å². The molecule has 1 aromatic heterocycles. The molecule has 44 heavy (non-hydrogen) atoms. The van der Waals surface area contributed by atoms with Crippen molar-refractivity contribution in [2.24, 2.45) is 0 Å². The summed E-state index contributed by atoms with van der Waals surface area (Å²) in [6.45, 7) is 0. The molecule has 1 heterocycles. The van der Waals surface area contributed by atoms with Gasteiger partial charge in [-0.1, -0.05) is 109 Å². The van der Waals surface area contributed by atoms with Crippen molar-refractivity contribution in [3.05, 3.63) is 164 Å². The number of para-hydroxylation sites is 2. The third-order valence-corrected chi connectivity index (χ3v) is 8.78. The fraction of sp³-hybridized carbons (Fsp3) is 0. The van der Waals surface area contributed by atoms with E-state index in [1.165, 1.54) is 43.4 Å². The summed E-state index contributed by atoms with van der Waals surface area (Å²) in [7, 11) is 0. The van der Waals surface area contributed by atoms with E-state index in [0.717, 1.165) is 39.0 Å². The molecular formula is C42H27NO. The molecule has 0 radical (unpaired) electrons. The van der Waals surface area contributed by atoms with Gasteiger partial charge >= 0.3 is 0 Å². The number of benzene rings is 8. The van der Waals surface area contributed by atoms with Crippen molar-refractivity contribution in [3.63, 3.8) is 0 Å². The molecule has 0 spiro atoms. The van der Waals surface area contributed by atoms with E-state index in [2.05, 4.69) is 157 Å². The van der Waals surface area contributed by atoms with Gasteiger partial charge in [0.25, 0.3) is 0 Å². The SMILES string of the molecule is c1ccc(-c2cc(N(c3ccccc3)c3ccc4ccc5cc6oc7ccccc7c6cc5c4c3)cc3ccccc23)cc1. The summed E-state index contributed by atoms with van der Waals surface area (Å²) in [5, 5.41) is 9.58. The summed E-state index contributed by atoms with van der Waals surface area (Å²) >= 11 is 0. The first kappa shape index (κ1) is 24.7. The van der Waals surface area contributed by atoms with E-state index in [0.29, 0.717) is 0 Å². The van der Waals surface area contributed by atoms with E-state index >= 15 is 0 Å². The number of anilines is 3. The predicted molar refractivity (Wildman–Crippen MR) is 186 cm³/mol. The van der Waals surface area contributed by atoms with Gasteiger partial charge in [0.2, 0.25) is 0 Å². The molecule has 0 saturated heterocycles. The van der Waals surface area contributed by atoms with Gasteiger partial charge in [-0.05, 0) is 98.0 Å². The normalized spacial score (nSPS) is 11.6. The zero-order valence-corrected chi connectivity index (χ0v) is 23.9. The van der Waals surface area contributed by atoms with E-state index in [1.807, 2.05) is 12.1 Å². The Bertz CT molecular complexity index is 2490. The number of nitrogens with zero attached hydrogens (tertiary/aromatic N) is 1. The Morgan fingerprint density at radius 2 is 1.00 bits per heavy atom. The molecule has 0 bridgehead atoms. The molecule has 2 nitrogen and oxygen atoms in total. The van der Waals surface area contributed by atoms with Crippen LogP contribution in [-0.2, 0) is 0 Å². The second-order valence-corrected chi connectivity index (χ2v) is 11.4. The molecule has 0 aliphatic carbocycles. The maximum absolute atomic E-state index is 6.22. The highest BCUT2D eigenvalue weighted by molar-refractivity contribution is 6.17. The van der Waals surface area contributed by atoms with E-state index in [9.17, 15) is 0 Å². The van der Waals surface area contributed by atoms with Crippen LogP contribution in [0.4, 0.5) is 17.1 Å². The minimum absolute atomic E-state index is 0.920. The molecule has 0 fully saturated rings. The van der Waals surface area contributed by atoms with Crippen molar-refractivity contribution in [2.75, 3.05) is 4.90 Å². The van der Waals surface area contributed by atoms with Crippen LogP contribution < -0.4 is 4.90 Å². The zero-order valence-electron chi connectivity index (χ0n) is 23.9. The van der Waals surface area contributed by atoms with Gasteiger partial charge in [-0.15, -0.1) is 0 Å². The summed E-state index contributed by atoms with van der Waals surface area (Å²) in [5.41, 5.74) is 7.62. The van der Waals surface area contributed by atoms with Crippen LogP contribution in [0.25, 0.3) is 65.4 Å². The smallest absolute Gasteiger partial charge is 0.136 e. The van der Waals surface area contributed by atoms with Crippen LogP contribution in [0, 0.1) is 0 Å². The van der Waals surface area contributed by atoms with Gasteiger partial charge in [-0.3, -0.25) is 0 Å². The van der Waals surface area contributed by atoms with Crippen molar-refractivity contribution >= 4 is 71.3 Å². The third-order valence-electron chi connectivity index (χ3n) is 8.78. The lowest BCUT2D eigenvalue weighted by Gasteiger charge is -2.27. The molecule has 0 N–H and O–H groups in total. The van der Waals surface area contributed by atoms with Crippen molar-refractivity contribution in [2.45, 2.75) is 0 Å². The third kappa shape index (κ3) is 3.96. The second kappa shape index (κ2) is 9.86. The van der Waals surface area contributed by atoms with Gasteiger partial charge in [-0.2, -0.15) is 0 Å². The molecule has 8 aromatic carbocycles. The van der Waals surface area contributed by atoms with Crippen LogP contribution >= 0.6 is 0 Å². The minimum Gasteiger partial charge on any atom is -0.456 e. The van der Waals surface area contributed by atoms with Crippen molar-refractivity contribution in [1.29, 1.82) is 0 Å². The lowest BCUT2D eigenvalue weighted by Crippen LogP contribution is -2.10. The Hall–Kier alpha value is -5.86. The van der Waals surface area contributed by atoms with E-state index in [4.69, 9.17) is 4.42 Å². The number of fused-ring (bicyclic) bond motifs is 7. The van der Waals surface area contributed by atoms with Crippen LogP contribution in [-0.4, -0.2) is 0 Å². The minimum atomic E-state index is 0.920. The van der Waals surface area contributed by atoms with Crippen LogP contribution in [0.15, 0.2) is 168 Å². The predicted octanol–water partition coefficient (Wildman–Crippen LogP) is 12.2. The fourth-order valence-electron chi connectivity index (χ4n) is 6.70. The van der Waals surface area contributed by atoms with Gasteiger partial charge in [0.05, 0.1) is 0 Å². The molecule has 0 atom stereocenters. The van der Waals surface area contributed by atoms with Crippen molar-refractivity contribution < 1.29 is 4.42 Å². The van der Waals surface area contributed by atoms with Gasteiger partial charge in [0, 0.05) is 27.8 Å². The average molecular weight is 562 g/mol. The summed E-state index contributed by atoms with van der Waals surface area (Å²) < 4.78 is 6.22. The number of furan rings is 1. The summed E-state index contributed by atoms with van der Waals surface area (Å²) in [6.07, 6.45) is 0. The van der Waals surface area contributed by atoms with Gasteiger partial charge < -0.3 is 9.32 Å². The number of rotatable bonds is 4. The summed E-state index contributed by atoms with van der Waals surface area (Å²) in [6, 6.07) is 58.7. The number of hydrogen-bond donors (Lipinski definition) is 0. The molecule has 0 unspecified atom stereocenters. The Balaban J connectivity index is 1.31. The van der Waals surface area contributed by atoms with Crippen LogP contribution in [0.1, 0.15) is 0 Å². The van der Waals surface area contributed by atoms with Crippen LogP contribution in [0.2, 0.25) is 0 Å². The first-order chi connectivity index (χ1) is 21.8. The first-order valence-corrected chi connectivity index (χ1v) is 15.0. The highest BCUT2D eigenvalue weighted by Gasteiger charge is 2.17. The van der Waals surface area contributed by atoms with E-state index < -0.39 is 0 Å². The molecule has 2 heteroatoms. The standard InChI is InChI=1S/C42H27NO/c1-3-11-28(12-4-1)37-26-34(23-30-13-7-8-16-35(30)37)43(32-14-5-2-6-15-32)33-22-21-29-19-20-31-24-42-40(27-39(31)38(29)25-33)36-17-9-10-18-41(36)44-42/h1-27H. The lowest BCUT2D eigenvalue weighted by atomic mass is 9.96. The highest BCUT2D eigenvalue weighted by Crippen LogP contribution is 2.42. The molecule has 9 rings (SSSR count). The monoisotopic (exact) mass is 561 g/mol. The topological polar surface area (TPSA) is 16.4 Å². The highest BCUT2D eigenvalue weighted by atomic mass is 16.3. The Morgan fingerprint density at radius 3 is 1.86 bits per heavy atom. The zero-order chi connectivity index (χ0) is 29.0. The Labute approximate surface area is 255 Å². The summed E-state index contributed by atoms with van der Waals surface area (Å²) in [4.78, 5) is 2.38. The fourth-order valence-corrected chi connectivity index (χ4v) is 6.70. The number of hydrogen-bond acceptors (Lipinski definition) is 2. The van der Waals surface area contributed by atoms with Gasteiger partial charge in [0.15, 0.2) is 0 Å². The lowest BCUT2D eigenvalue weighted by molar-refractivity contribution is 0.669. The molecule has 0 aliphatic rings. The maximum atomic E-state index is 6.22. The second-order valence-electron chi connectivity index (χ2n) is 11.4. The molecule has 0 saturated carbocycles. The van der Waals surface area contributed by atoms with Gasteiger partial charge in [0.1, 0.15) is 11.2 Å². The van der Waals surface area contributed by atoms with Gasteiger partial charge in [-0.25, -0.2) is 0 Å². The molecule has 206 valence electrons. The van der Waals surface area contributed by atoms with Crippen molar-refractivity contribution in [1.82, 2.24) is 0 Å². The Morgan fingerprint density at radius 1 is 0.341 bits per heavy atom. The van der Waals surface area contributed by atoms with E-state index in [1.54, 1.807) is 0 Å². The Kier molecular flexibility index (Phi) is 5.54. The quantitative estimate of drug-likeness (QED) is 0.199. The maximum Gasteiger partial charge on any atom is 0.136 e. The van der Waals surface area contributed by atoms with Crippen LogP contribution in [0.3, 0.4) is 0 Å². The largest absolute Gasteiger partial charge is 0.456 e. The van der Waals surface area contributed by atoms with E-state index in [-0.39, 0.29) is 0 Å². The average Bonchev–Trinajstić information content (AvgIpc) is 3.45. The first-order valence-electron chi connectivity index (χ1n) is 15.0. The molecular weight excluding hydrogens is 534 g/mol. The molecule has 0 amide bonds.